The molecule has 1 aromatic rings. The number of amides is 1. The van der Waals surface area contributed by atoms with Crippen LogP contribution in [-0.4, -0.2) is 24.0 Å². The molecule has 5 heteroatoms. The van der Waals surface area contributed by atoms with E-state index in [-0.39, 0.29) is 6.61 Å². The summed E-state index contributed by atoms with van der Waals surface area (Å²) in [6.07, 6.45) is 0. The van der Waals surface area contributed by atoms with Crippen molar-refractivity contribution in [2.24, 2.45) is 0 Å². The summed E-state index contributed by atoms with van der Waals surface area (Å²) >= 11 is 0. The van der Waals surface area contributed by atoms with Crippen molar-refractivity contribution in [2.75, 3.05) is 17.2 Å². The zero-order valence-electron chi connectivity index (χ0n) is 11.8. The summed E-state index contributed by atoms with van der Waals surface area (Å²) in [4.78, 5) is 25.3. The summed E-state index contributed by atoms with van der Waals surface area (Å²) in [5.41, 5.74) is 6.25. The number of rotatable bonds is 2. The second-order valence-electron chi connectivity index (χ2n) is 5.09. The SMILES string of the molecule is CCOC(=O)C(=O)N(c1ccccc1N)C(C)(C)C. The van der Waals surface area contributed by atoms with Crippen molar-refractivity contribution in [2.45, 2.75) is 33.2 Å². The molecule has 0 saturated carbocycles. The maximum absolute atomic E-state index is 12.2. The second-order valence-corrected chi connectivity index (χ2v) is 5.09. The molecule has 0 aromatic heterocycles. The largest absolute Gasteiger partial charge is 0.459 e. The molecule has 0 aliphatic rings. The molecule has 0 aliphatic heterocycles. The molecule has 1 aromatic carbocycles. The lowest BCUT2D eigenvalue weighted by Crippen LogP contribution is -2.49. The number of carbonyl (C=O) groups is 2. The van der Waals surface area contributed by atoms with E-state index >= 15 is 0 Å². The molecule has 0 atom stereocenters. The fourth-order valence-electron chi connectivity index (χ4n) is 1.75. The number of carbonyl (C=O) groups excluding carboxylic acids is 2. The standard InChI is InChI=1S/C14H20N2O3/c1-5-19-13(18)12(17)16(14(2,3)4)11-9-7-6-8-10(11)15/h6-9H,5,15H2,1-4H3. The Bertz CT molecular complexity index is 478. The minimum atomic E-state index is -0.874. The highest BCUT2D eigenvalue weighted by atomic mass is 16.5. The average Bonchev–Trinajstić information content (AvgIpc) is 2.30. The quantitative estimate of drug-likeness (QED) is 0.503. The molecule has 0 spiro atoms. The summed E-state index contributed by atoms with van der Waals surface area (Å²) in [6.45, 7) is 7.31. The topological polar surface area (TPSA) is 72.6 Å². The third kappa shape index (κ3) is 3.47. The number of nitrogens with zero attached hydrogens (tertiary/aromatic N) is 1. The van der Waals surface area contributed by atoms with Gasteiger partial charge in [0.05, 0.1) is 18.0 Å². The second kappa shape index (κ2) is 5.73. The third-order valence-electron chi connectivity index (χ3n) is 2.50. The first-order valence-corrected chi connectivity index (χ1v) is 6.15. The normalized spacial score (nSPS) is 10.9. The van der Waals surface area contributed by atoms with E-state index in [1.807, 2.05) is 20.8 Å². The van der Waals surface area contributed by atoms with Gasteiger partial charge in [-0.25, -0.2) is 4.79 Å². The minimum absolute atomic E-state index is 0.160. The number of para-hydroxylation sites is 2. The summed E-state index contributed by atoms with van der Waals surface area (Å²) in [5, 5.41) is 0. The maximum Gasteiger partial charge on any atom is 0.397 e. The number of esters is 1. The first kappa shape index (κ1) is 15.0. The lowest BCUT2D eigenvalue weighted by molar-refractivity contribution is -0.153. The van der Waals surface area contributed by atoms with Gasteiger partial charge >= 0.3 is 11.9 Å². The van der Waals surface area contributed by atoms with Gasteiger partial charge in [-0.1, -0.05) is 12.1 Å². The van der Waals surface area contributed by atoms with E-state index in [4.69, 9.17) is 10.5 Å². The molecule has 0 radical (unpaired) electrons. The first-order chi connectivity index (χ1) is 8.79. The van der Waals surface area contributed by atoms with Crippen molar-refractivity contribution in [3.63, 3.8) is 0 Å². The zero-order chi connectivity index (χ0) is 14.6. The molecule has 5 nitrogen and oxygen atoms in total. The Balaban J connectivity index is 3.21. The van der Waals surface area contributed by atoms with E-state index in [0.717, 1.165) is 0 Å². The predicted molar refractivity (Wildman–Crippen MR) is 74.7 cm³/mol. The van der Waals surface area contributed by atoms with Crippen molar-refractivity contribution < 1.29 is 14.3 Å². The van der Waals surface area contributed by atoms with Crippen molar-refractivity contribution in [3.05, 3.63) is 24.3 Å². The summed E-state index contributed by atoms with van der Waals surface area (Å²) in [5.74, 6) is -1.59. The molecule has 104 valence electrons. The van der Waals surface area contributed by atoms with Crippen LogP contribution in [0.3, 0.4) is 0 Å². The zero-order valence-corrected chi connectivity index (χ0v) is 11.8. The van der Waals surface area contributed by atoms with Crippen LogP contribution >= 0.6 is 0 Å². The molecule has 2 N–H and O–H groups in total. The van der Waals surface area contributed by atoms with E-state index in [1.165, 1.54) is 4.90 Å². The van der Waals surface area contributed by atoms with Crippen LogP contribution in [0.5, 0.6) is 0 Å². The first-order valence-electron chi connectivity index (χ1n) is 6.15. The van der Waals surface area contributed by atoms with Crippen LogP contribution in [0.25, 0.3) is 0 Å². The van der Waals surface area contributed by atoms with E-state index in [2.05, 4.69) is 0 Å². The molecule has 1 rings (SSSR count). The molecule has 0 unspecified atom stereocenters. The fraction of sp³-hybridized carbons (Fsp3) is 0.429. The molecule has 0 heterocycles. The smallest absolute Gasteiger partial charge is 0.397 e. The van der Waals surface area contributed by atoms with Crippen molar-refractivity contribution >= 4 is 23.3 Å². The van der Waals surface area contributed by atoms with Gasteiger partial charge in [-0.05, 0) is 39.8 Å². The highest BCUT2D eigenvalue weighted by Crippen LogP contribution is 2.29. The number of anilines is 2. The van der Waals surface area contributed by atoms with E-state index in [1.54, 1.807) is 31.2 Å². The lowest BCUT2D eigenvalue weighted by Gasteiger charge is -2.35. The van der Waals surface area contributed by atoms with Crippen molar-refractivity contribution in [1.82, 2.24) is 0 Å². The number of hydrogen-bond donors (Lipinski definition) is 1. The third-order valence-corrected chi connectivity index (χ3v) is 2.50. The summed E-state index contributed by atoms with van der Waals surface area (Å²) in [7, 11) is 0. The molecular formula is C14H20N2O3. The van der Waals surface area contributed by atoms with E-state index in [9.17, 15) is 9.59 Å². The van der Waals surface area contributed by atoms with Gasteiger partial charge in [0.2, 0.25) is 0 Å². The minimum Gasteiger partial charge on any atom is -0.459 e. The van der Waals surface area contributed by atoms with Gasteiger partial charge in [-0.3, -0.25) is 9.69 Å². The molecule has 0 bridgehead atoms. The van der Waals surface area contributed by atoms with Gasteiger partial charge < -0.3 is 10.5 Å². The van der Waals surface area contributed by atoms with Crippen LogP contribution in [0, 0.1) is 0 Å². The Morgan fingerprint density at radius 3 is 2.32 bits per heavy atom. The number of benzene rings is 1. The van der Waals surface area contributed by atoms with Crippen molar-refractivity contribution in [3.8, 4) is 0 Å². The van der Waals surface area contributed by atoms with Crippen LogP contribution in [0.4, 0.5) is 11.4 Å². The molecule has 0 fully saturated rings. The average molecular weight is 264 g/mol. The molecule has 1 amide bonds. The maximum atomic E-state index is 12.2. The van der Waals surface area contributed by atoms with Gasteiger partial charge in [-0.2, -0.15) is 0 Å². The van der Waals surface area contributed by atoms with Gasteiger partial charge in [0.1, 0.15) is 0 Å². The van der Waals surface area contributed by atoms with Gasteiger partial charge in [0.25, 0.3) is 0 Å². The molecular weight excluding hydrogens is 244 g/mol. The van der Waals surface area contributed by atoms with Crippen molar-refractivity contribution in [1.29, 1.82) is 0 Å². The summed E-state index contributed by atoms with van der Waals surface area (Å²) < 4.78 is 4.77. The van der Waals surface area contributed by atoms with Gasteiger partial charge in [-0.15, -0.1) is 0 Å². The van der Waals surface area contributed by atoms with Gasteiger partial charge in [0.15, 0.2) is 0 Å². The van der Waals surface area contributed by atoms with Gasteiger partial charge in [0, 0.05) is 5.54 Å². The number of ether oxygens (including phenoxy) is 1. The Hall–Kier alpha value is -2.04. The van der Waals surface area contributed by atoms with Crippen LogP contribution in [-0.2, 0) is 14.3 Å². The van der Waals surface area contributed by atoms with Crippen LogP contribution in [0.15, 0.2) is 24.3 Å². The Morgan fingerprint density at radius 1 is 1.26 bits per heavy atom. The molecule has 0 saturated heterocycles. The fourth-order valence-corrected chi connectivity index (χ4v) is 1.75. The van der Waals surface area contributed by atoms with E-state index < -0.39 is 17.4 Å². The molecule has 19 heavy (non-hydrogen) atoms. The van der Waals surface area contributed by atoms with Crippen LogP contribution in [0.1, 0.15) is 27.7 Å². The lowest BCUT2D eigenvalue weighted by atomic mass is 10.0. The Kier molecular flexibility index (Phi) is 4.53. The Morgan fingerprint density at radius 2 is 1.84 bits per heavy atom. The highest BCUT2D eigenvalue weighted by Gasteiger charge is 2.34. The highest BCUT2D eigenvalue weighted by molar-refractivity contribution is 6.38. The monoisotopic (exact) mass is 264 g/mol. The Labute approximate surface area is 113 Å². The number of nitrogen functional groups attached to an aromatic ring is 1. The van der Waals surface area contributed by atoms with E-state index in [0.29, 0.717) is 11.4 Å². The van der Waals surface area contributed by atoms with Crippen LogP contribution < -0.4 is 10.6 Å². The summed E-state index contributed by atoms with van der Waals surface area (Å²) in [6, 6.07) is 6.93. The van der Waals surface area contributed by atoms with Crippen LogP contribution in [0.2, 0.25) is 0 Å². The molecule has 0 aliphatic carbocycles. The number of nitrogens with two attached hydrogens (primary N) is 1. The predicted octanol–water partition coefficient (Wildman–Crippen LogP) is 1.96. The number of hydrogen-bond acceptors (Lipinski definition) is 4.